The van der Waals surface area contributed by atoms with Crippen LogP contribution in [0.15, 0.2) is 66.7 Å². The van der Waals surface area contributed by atoms with Gasteiger partial charge in [0.1, 0.15) is 11.6 Å². The van der Waals surface area contributed by atoms with Crippen LogP contribution in [0.2, 0.25) is 0 Å². The molecule has 34 heavy (non-hydrogen) atoms. The van der Waals surface area contributed by atoms with Gasteiger partial charge in [0.15, 0.2) is 0 Å². The van der Waals surface area contributed by atoms with Crippen molar-refractivity contribution in [2.24, 2.45) is 0 Å². The van der Waals surface area contributed by atoms with Crippen LogP contribution in [0, 0.1) is 0 Å². The first-order valence-corrected chi connectivity index (χ1v) is 11.4. The second-order valence-electron chi connectivity index (χ2n) is 7.55. The number of hydrogen-bond donors (Lipinski definition) is 2. The predicted octanol–water partition coefficient (Wildman–Crippen LogP) is 6.22. The summed E-state index contributed by atoms with van der Waals surface area (Å²) < 4.78 is 49.7. The van der Waals surface area contributed by atoms with E-state index in [2.05, 4.69) is 15.0 Å². The van der Waals surface area contributed by atoms with Crippen molar-refractivity contribution in [1.82, 2.24) is 9.69 Å². The molecule has 0 aliphatic heterocycles. The van der Waals surface area contributed by atoms with Gasteiger partial charge in [0, 0.05) is 24.0 Å². The fourth-order valence-electron chi connectivity index (χ4n) is 3.55. The van der Waals surface area contributed by atoms with Gasteiger partial charge in [-0.15, -0.1) is 0 Å². The van der Waals surface area contributed by atoms with Crippen molar-refractivity contribution in [2.45, 2.75) is 12.6 Å². The fraction of sp³-hybridized carbons (Fsp3) is 0.200. The molecule has 4 aromatic rings. The molecule has 2 N–H and O–H groups in total. The number of benzene rings is 3. The first-order chi connectivity index (χ1) is 16.4. The summed E-state index contributed by atoms with van der Waals surface area (Å²) in [5, 5.41) is 5.88. The molecule has 1 amide bonds. The minimum atomic E-state index is -4.45. The summed E-state index contributed by atoms with van der Waals surface area (Å²) in [5.41, 5.74) is 1.83. The molecule has 0 unspecified atom stereocenters. The standard InChI is InChI=1S/C25H22F3N3O2S/c1-33-19-12-10-17(11-13-19)16-6-8-18(9-7-16)24(32)30-15-3-14-29-23-22-20(25(26,27)28)4-2-5-21(22)34-31-23/h2,4-13H,3,14-15H2,1H3,(H,29,31)(H,30,32). The molecule has 0 saturated carbocycles. The molecule has 0 radical (unpaired) electrons. The van der Waals surface area contributed by atoms with Crippen LogP contribution in [0.25, 0.3) is 21.2 Å². The number of halogens is 3. The smallest absolute Gasteiger partial charge is 0.417 e. The van der Waals surface area contributed by atoms with E-state index in [4.69, 9.17) is 4.74 Å². The number of aromatic nitrogens is 1. The first kappa shape index (κ1) is 23.6. The van der Waals surface area contributed by atoms with Crippen LogP contribution in [-0.2, 0) is 6.18 Å². The Morgan fingerprint density at radius 1 is 0.971 bits per heavy atom. The number of alkyl halides is 3. The van der Waals surface area contributed by atoms with Gasteiger partial charge in [-0.3, -0.25) is 4.79 Å². The lowest BCUT2D eigenvalue weighted by atomic mass is 10.0. The number of ether oxygens (including phenoxy) is 1. The maximum Gasteiger partial charge on any atom is 0.417 e. The zero-order chi connectivity index (χ0) is 24.1. The lowest BCUT2D eigenvalue weighted by Crippen LogP contribution is -2.25. The van der Waals surface area contributed by atoms with Gasteiger partial charge in [0.05, 0.1) is 17.4 Å². The molecule has 4 rings (SSSR count). The molecule has 0 fully saturated rings. The zero-order valence-electron chi connectivity index (χ0n) is 18.3. The largest absolute Gasteiger partial charge is 0.497 e. The van der Waals surface area contributed by atoms with E-state index in [1.165, 1.54) is 6.07 Å². The molecule has 9 heteroatoms. The Morgan fingerprint density at radius 3 is 2.29 bits per heavy atom. The van der Waals surface area contributed by atoms with Crippen LogP contribution in [-0.4, -0.2) is 30.5 Å². The first-order valence-electron chi connectivity index (χ1n) is 10.6. The molecule has 5 nitrogen and oxygen atoms in total. The maximum atomic E-state index is 13.3. The molecule has 1 heterocycles. The number of fused-ring (bicyclic) bond motifs is 1. The Bertz CT molecular complexity index is 1270. The molecule has 0 aliphatic rings. The number of nitrogens with zero attached hydrogens (tertiary/aromatic N) is 1. The summed E-state index contributed by atoms with van der Waals surface area (Å²) in [5.74, 6) is 0.783. The highest BCUT2D eigenvalue weighted by atomic mass is 32.1. The number of methoxy groups -OCH3 is 1. The van der Waals surface area contributed by atoms with E-state index in [-0.39, 0.29) is 17.1 Å². The number of anilines is 1. The topological polar surface area (TPSA) is 63.2 Å². The molecule has 176 valence electrons. The van der Waals surface area contributed by atoms with Crippen molar-refractivity contribution >= 4 is 33.3 Å². The van der Waals surface area contributed by atoms with Gasteiger partial charge in [0.2, 0.25) is 0 Å². The monoisotopic (exact) mass is 485 g/mol. The van der Waals surface area contributed by atoms with Crippen LogP contribution in [0.4, 0.5) is 19.0 Å². The van der Waals surface area contributed by atoms with E-state index < -0.39 is 11.7 Å². The quantitative estimate of drug-likeness (QED) is 0.291. The SMILES string of the molecule is COc1ccc(-c2ccc(C(=O)NCCCNc3nsc4cccc(C(F)(F)F)c34)cc2)cc1. The summed E-state index contributed by atoms with van der Waals surface area (Å²) in [6.07, 6.45) is -3.92. The average Bonchev–Trinajstić information content (AvgIpc) is 3.26. The van der Waals surface area contributed by atoms with Gasteiger partial charge >= 0.3 is 6.18 Å². The average molecular weight is 486 g/mol. The third-order valence-electron chi connectivity index (χ3n) is 5.31. The lowest BCUT2D eigenvalue weighted by Gasteiger charge is -2.10. The summed E-state index contributed by atoms with van der Waals surface area (Å²) in [6.45, 7) is 0.752. The van der Waals surface area contributed by atoms with Crippen molar-refractivity contribution in [3.05, 3.63) is 77.9 Å². The zero-order valence-corrected chi connectivity index (χ0v) is 19.1. The summed E-state index contributed by atoms with van der Waals surface area (Å²) >= 11 is 1.02. The molecule has 3 aromatic carbocycles. The van der Waals surface area contributed by atoms with Crippen molar-refractivity contribution in [3.63, 3.8) is 0 Å². The van der Waals surface area contributed by atoms with Crippen LogP contribution >= 0.6 is 11.5 Å². The summed E-state index contributed by atoms with van der Waals surface area (Å²) in [4.78, 5) is 12.4. The summed E-state index contributed by atoms with van der Waals surface area (Å²) in [7, 11) is 1.61. The van der Waals surface area contributed by atoms with E-state index in [9.17, 15) is 18.0 Å². The van der Waals surface area contributed by atoms with Crippen molar-refractivity contribution < 1.29 is 22.7 Å². The van der Waals surface area contributed by atoms with Crippen molar-refractivity contribution in [3.8, 4) is 16.9 Å². The Labute approximate surface area is 198 Å². The molecule has 0 saturated heterocycles. The van der Waals surface area contributed by atoms with Crippen LogP contribution in [0.1, 0.15) is 22.3 Å². The Hall–Kier alpha value is -3.59. The van der Waals surface area contributed by atoms with Gasteiger partial charge in [-0.25, -0.2) is 0 Å². The van der Waals surface area contributed by atoms with E-state index in [0.29, 0.717) is 29.8 Å². The van der Waals surface area contributed by atoms with Gasteiger partial charge in [-0.05, 0) is 65.5 Å². The van der Waals surface area contributed by atoms with Crippen molar-refractivity contribution in [2.75, 3.05) is 25.5 Å². The number of hydrogen-bond acceptors (Lipinski definition) is 5. The third-order valence-corrected chi connectivity index (χ3v) is 6.12. The van der Waals surface area contributed by atoms with Gasteiger partial charge < -0.3 is 15.4 Å². The normalized spacial score (nSPS) is 11.4. The summed E-state index contributed by atoms with van der Waals surface area (Å²) in [6, 6.07) is 19.0. The van der Waals surface area contributed by atoms with Crippen LogP contribution < -0.4 is 15.4 Å². The number of carbonyl (C=O) groups is 1. The lowest BCUT2D eigenvalue weighted by molar-refractivity contribution is -0.136. The number of rotatable bonds is 8. The minimum absolute atomic E-state index is 0.0842. The van der Waals surface area contributed by atoms with E-state index in [0.717, 1.165) is 34.5 Å². The molecule has 0 atom stereocenters. The molecular formula is C25H22F3N3O2S. The van der Waals surface area contributed by atoms with E-state index >= 15 is 0 Å². The van der Waals surface area contributed by atoms with Crippen molar-refractivity contribution in [1.29, 1.82) is 0 Å². The maximum absolute atomic E-state index is 13.3. The van der Waals surface area contributed by atoms with E-state index in [1.807, 2.05) is 36.4 Å². The highest BCUT2D eigenvalue weighted by molar-refractivity contribution is 7.13. The molecular weight excluding hydrogens is 463 g/mol. The second-order valence-corrected chi connectivity index (χ2v) is 8.35. The third kappa shape index (κ3) is 5.31. The Kier molecular flexibility index (Phi) is 7.02. The Balaban J connectivity index is 1.29. The van der Waals surface area contributed by atoms with Gasteiger partial charge in [-0.1, -0.05) is 30.3 Å². The highest BCUT2D eigenvalue weighted by Gasteiger charge is 2.34. The van der Waals surface area contributed by atoms with E-state index in [1.54, 1.807) is 25.3 Å². The predicted molar refractivity (Wildman–Crippen MR) is 128 cm³/mol. The highest BCUT2D eigenvalue weighted by Crippen LogP contribution is 2.39. The molecule has 0 spiro atoms. The second kappa shape index (κ2) is 10.1. The van der Waals surface area contributed by atoms with Gasteiger partial charge in [0.25, 0.3) is 5.91 Å². The molecule has 0 bridgehead atoms. The molecule has 1 aromatic heterocycles. The number of amides is 1. The fourth-order valence-corrected chi connectivity index (χ4v) is 4.33. The van der Waals surface area contributed by atoms with Gasteiger partial charge in [-0.2, -0.15) is 17.5 Å². The molecule has 0 aliphatic carbocycles. The minimum Gasteiger partial charge on any atom is -0.497 e. The number of carbonyl (C=O) groups excluding carboxylic acids is 1. The van der Waals surface area contributed by atoms with Crippen LogP contribution in [0.5, 0.6) is 5.75 Å². The van der Waals surface area contributed by atoms with Crippen LogP contribution in [0.3, 0.4) is 0 Å². The Morgan fingerprint density at radius 2 is 1.65 bits per heavy atom. The number of nitrogens with one attached hydrogen (secondary N) is 2.